The van der Waals surface area contributed by atoms with E-state index in [1.165, 1.54) is 12.8 Å². The number of unbranched alkanes of at least 4 members (excludes halogenated alkanes) is 5. The Morgan fingerprint density at radius 1 is 1.05 bits per heavy atom. The third-order valence-electron chi connectivity index (χ3n) is 3.17. The molecule has 0 aromatic rings. The van der Waals surface area contributed by atoms with E-state index in [1.54, 1.807) is 11.8 Å². The molecule has 20 heavy (non-hydrogen) atoms. The quantitative estimate of drug-likeness (QED) is 0.328. The fraction of sp³-hybridized carbons (Fsp3) is 0.938. The lowest BCUT2D eigenvalue weighted by Crippen LogP contribution is -2.21. The highest BCUT2D eigenvalue weighted by Gasteiger charge is 2.19. The van der Waals surface area contributed by atoms with Gasteiger partial charge in [0.2, 0.25) is 0 Å². The fourth-order valence-electron chi connectivity index (χ4n) is 1.86. The Morgan fingerprint density at radius 2 is 1.80 bits per heavy atom. The maximum Gasteiger partial charge on any atom is 0.319 e. The molecule has 0 N–H and O–H groups in total. The largest absolute Gasteiger partial charge is 0.465 e. The van der Waals surface area contributed by atoms with Gasteiger partial charge in [0, 0.05) is 0 Å². The summed E-state index contributed by atoms with van der Waals surface area (Å²) >= 11 is 1.69. The maximum absolute atomic E-state index is 12.0. The second-order valence-corrected chi connectivity index (χ2v) is 6.44. The Labute approximate surface area is 128 Å². The van der Waals surface area contributed by atoms with Crippen molar-refractivity contribution in [1.82, 2.24) is 0 Å². The standard InChI is InChI=1S/C16H31FO2S/c1-3-5-8-11-15(16(18)19-13-6-4-2)20-14-10-7-9-12-17/h15H,3-14H2,1-2H3. The van der Waals surface area contributed by atoms with E-state index in [0.717, 1.165) is 44.3 Å². The van der Waals surface area contributed by atoms with E-state index in [4.69, 9.17) is 4.74 Å². The highest BCUT2D eigenvalue weighted by molar-refractivity contribution is 8.00. The van der Waals surface area contributed by atoms with Crippen LogP contribution in [0.3, 0.4) is 0 Å². The van der Waals surface area contributed by atoms with Crippen molar-refractivity contribution >= 4 is 17.7 Å². The minimum atomic E-state index is -0.232. The molecule has 0 aliphatic rings. The van der Waals surface area contributed by atoms with E-state index in [1.807, 2.05) is 0 Å². The highest BCUT2D eigenvalue weighted by Crippen LogP contribution is 2.21. The Bertz CT molecular complexity index is 225. The first-order chi connectivity index (χ1) is 9.76. The van der Waals surface area contributed by atoms with Crippen LogP contribution in [0.4, 0.5) is 4.39 Å². The van der Waals surface area contributed by atoms with Gasteiger partial charge in [-0.25, -0.2) is 0 Å². The minimum absolute atomic E-state index is 0.0243. The van der Waals surface area contributed by atoms with Gasteiger partial charge in [-0.1, -0.05) is 46.0 Å². The summed E-state index contributed by atoms with van der Waals surface area (Å²) in [5, 5.41) is -0.0243. The van der Waals surface area contributed by atoms with Crippen LogP contribution in [0.25, 0.3) is 0 Å². The van der Waals surface area contributed by atoms with Gasteiger partial charge in [0.1, 0.15) is 5.25 Å². The lowest BCUT2D eigenvalue weighted by molar-refractivity contribution is -0.143. The molecule has 0 rings (SSSR count). The number of esters is 1. The van der Waals surface area contributed by atoms with Crippen molar-refractivity contribution in [1.29, 1.82) is 0 Å². The van der Waals surface area contributed by atoms with E-state index in [2.05, 4.69) is 13.8 Å². The molecule has 0 aliphatic carbocycles. The van der Waals surface area contributed by atoms with Gasteiger partial charge in [0.25, 0.3) is 0 Å². The molecule has 1 unspecified atom stereocenters. The Hall–Kier alpha value is -0.250. The van der Waals surface area contributed by atoms with Crippen LogP contribution in [-0.2, 0) is 9.53 Å². The number of alkyl halides is 1. The molecule has 0 aliphatic heterocycles. The van der Waals surface area contributed by atoms with E-state index in [0.29, 0.717) is 13.0 Å². The van der Waals surface area contributed by atoms with Gasteiger partial charge in [-0.05, 0) is 31.4 Å². The summed E-state index contributed by atoms with van der Waals surface area (Å²) in [5.41, 5.74) is 0. The van der Waals surface area contributed by atoms with Gasteiger partial charge >= 0.3 is 5.97 Å². The van der Waals surface area contributed by atoms with Crippen LogP contribution in [0.15, 0.2) is 0 Å². The minimum Gasteiger partial charge on any atom is -0.465 e. The summed E-state index contributed by atoms with van der Waals surface area (Å²) in [4.78, 5) is 12.0. The van der Waals surface area contributed by atoms with Crippen LogP contribution >= 0.6 is 11.8 Å². The summed E-state index contributed by atoms with van der Waals surface area (Å²) in [6, 6.07) is 0. The number of thioether (sulfide) groups is 1. The van der Waals surface area contributed by atoms with Crippen LogP contribution in [0.2, 0.25) is 0 Å². The lowest BCUT2D eigenvalue weighted by Gasteiger charge is -2.15. The molecule has 0 spiro atoms. The van der Waals surface area contributed by atoms with E-state index >= 15 is 0 Å². The first-order valence-corrected chi connectivity index (χ1v) is 9.15. The van der Waals surface area contributed by atoms with Crippen LogP contribution < -0.4 is 0 Å². The van der Waals surface area contributed by atoms with E-state index in [9.17, 15) is 9.18 Å². The van der Waals surface area contributed by atoms with Crippen molar-refractivity contribution in [2.45, 2.75) is 76.9 Å². The zero-order chi connectivity index (χ0) is 15.1. The molecule has 0 aromatic carbocycles. The van der Waals surface area contributed by atoms with Crippen molar-refractivity contribution < 1.29 is 13.9 Å². The molecule has 0 bridgehead atoms. The zero-order valence-electron chi connectivity index (χ0n) is 13.2. The predicted molar refractivity (Wildman–Crippen MR) is 86.1 cm³/mol. The summed E-state index contributed by atoms with van der Waals surface area (Å²) in [6.45, 7) is 4.57. The second kappa shape index (κ2) is 15.1. The topological polar surface area (TPSA) is 26.3 Å². The molecule has 0 saturated heterocycles. The van der Waals surface area contributed by atoms with Crippen LogP contribution in [0, 0.1) is 0 Å². The number of halogens is 1. The Morgan fingerprint density at radius 3 is 2.45 bits per heavy atom. The van der Waals surface area contributed by atoms with Gasteiger partial charge in [0.15, 0.2) is 0 Å². The number of hydrogen-bond donors (Lipinski definition) is 0. The highest BCUT2D eigenvalue weighted by atomic mass is 32.2. The Balaban J connectivity index is 3.94. The third-order valence-corrected chi connectivity index (χ3v) is 4.53. The third kappa shape index (κ3) is 11.6. The summed E-state index contributed by atoms with van der Waals surface area (Å²) in [7, 11) is 0. The normalized spacial score (nSPS) is 12.3. The van der Waals surface area contributed by atoms with Crippen molar-refractivity contribution in [3.63, 3.8) is 0 Å². The summed E-state index contributed by atoms with van der Waals surface area (Å²) in [5.74, 6) is 0.879. The van der Waals surface area contributed by atoms with Gasteiger partial charge in [-0.2, -0.15) is 0 Å². The number of carbonyl (C=O) groups is 1. The fourth-order valence-corrected chi connectivity index (χ4v) is 3.05. The Kier molecular flexibility index (Phi) is 15.0. The molecule has 0 radical (unpaired) electrons. The van der Waals surface area contributed by atoms with E-state index in [-0.39, 0.29) is 17.9 Å². The number of rotatable bonds is 14. The number of hydrogen-bond acceptors (Lipinski definition) is 3. The van der Waals surface area contributed by atoms with Crippen molar-refractivity contribution in [3.8, 4) is 0 Å². The molecular formula is C16H31FO2S. The van der Waals surface area contributed by atoms with Gasteiger partial charge in [0.05, 0.1) is 13.3 Å². The smallest absolute Gasteiger partial charge is 0.319 e. The van der Waals surface area contributed by atoms with E-state index < -0.39 is 0 Å². The van der Waals surface area contributed by atoms with Crippen LogP contribution in [-0.4, -0.2) is 30.3 Å². The maximum atomic E-state index is 12.0. The molecule has 0 fully saturated rings. The first-order valence-electron chi connectivity index (χ1n) is 8.10. The molecule has 0 heterocycles. The molecule has 120 valence electrons. The molecule has 0 saturated carbocycles. The molecule has 0 aromatic heterocycles. The zero-order valence-corrected chi connectivity index (χ0v) is 14.0. The van der Waals surface area contributed by atoms with Gasteiger partial charge in [-0.15, -0.1) is 11.8 Å². The average molecular weight is 306 g/mol. The lowest BCUT2D eigenvalue weighted by atomic mass is 10.1. The van der Waals surface area contributed by atoms with Crippen molar-refractivity contribution in [2.24, 2.45) is 0 Å². The SMILES string of the molecule is CCCCCC(SCCCCCF)C(=O)OCCCC. The molecule has 0 amide bonds. The first kappa shape index (κ1) is 19.8. The predicted octanol–water partition coefficient (Wildman–Crippen LogP) is 5.15. The average Bonchev–Trinajstić information content (AvgIpc) is 2.45. The molecular weight excluding hydrogens is 275 g/mol. The van der Waals surface area contributed by atoms with Crippen LogP contribution in [0.5, 0.6) is 0 Å². The molecule has 4 heteroatoms. The molecule has 2 nitrogen and oxygen atoms in total. The summed E-state index contributed by atoms with van der Waals surface area (Å²) in [6.07, 6.45) is 8.85. The van der Waals surface area contributed by atoms with Gasteiger partial charge < -0.3 is 4.74 Å². The number of ether oxygens (including phenoxy) is 1. The van der Waals surface area contributed by atoms with Crippen molar-refractivity contribution in [2.75, 3.05) is 19.0 Å². The number of carbonyl (C=O) groups excluding carboxylic acids is 1. The molecule has 1 atom stereocenters. The van der Waals surface area contributed by atoms with Gasteiger partial charge in [-0.3, -0.25) is 9.18 Å². The van der Waals surface area contributed by atoms with Crippen LogP contribution in [0.1, 0.15) is 71.6 Å². The van der Waals surface area contributed by atoms with Crippen molar-refractivity contribution in [3.05, 3.63) is 0 Å². The summed E-state index contributed by atoms with van der Waals surface area (Å²) < 4.78 is 17.3. The second-order valence-electron chi connectivity index (χ2n) is 5.13. The monoisotopic (exact) mass is 306 g/mol.